The van der Waals surface area contributed by atoms with Crippen LogP contribution < -0.4 is 3.71 Å². The standard InChI is InChI=1S/C30H39NO4S2/c1-2-3-4-5-6-7-8-9-10-11-12-23-13-15-24(16-14-23)31(36-25-17-19-27(32)29(34)21-25)37-26-18-20-28(33)30(35)22-26/h13-22,32-35H,2-12H2,1H3. The quantitative estimate of drug-likeness (QED) is 0.0817. The first kappa shape index (κ1) is 28.9. The molecule has 3 rings (SSSR count). The van der Waals surface area contributed by atoms with Gasteiger partial charge in [-0.25, -0.2) is 3.71 Å². The molecule has 0 aliphatic carbocycles. The highest BCUT2D eigenvalue weighted by molar-refractivity contribution is 8.18. The number of hydrogen-bond acceptors (Lipinski definition) is 7. The fourth-order valence-corrected chi connectivity index (χ4v) is 6.13. The Morgan fingerprint density at radius 2 is 1.00 bits per heavy atom. The minimum Gasteiger partial charge on any atom is -0.504 e. The van der Waals surface area contributed by atoms with Crippen molar-refractivity contribution in [1.29, 1.82) is 0 Å². The first-order valence-corrected chi connectivity index (χ1v) is 14.8. The normalized spacial score (nSPS) is 11.1. The van der Waals surface area contributed by atoms with Gasteiger partial charge in [0, 0.05) is 9.79 Å². The minimum absolute atomic E-state index is 0.164. The molecule has 0 heterocycles. The largest absolute Gasteiger partial charge is 0.504 e. The molecular weight excluding hydrogens is 502 g/mol. The Labute approximate surface area is 229 Å². The molecule has 0 saturated carbocycles. The molecule has 0 fully saturated rings. The van der Waals surface area contributed by atoms with Gasteiger partial charge in [0.1, 0.15) is 0 Å². The molecule has 0 aliphatic heterocycles. The average molecular weight is 542 g/mol. The summed E-state index contributed by atoms with van der Waals surface area (Å²) in [6, 6.07) is 17.9. The summed E-state index contributed by atoms with van der Waals surface area (Å²) in [5.74, 6) is -0.681. The third kappa shape index (κ3) is 9.97. The lowest BCUT2D eigenvalue weighted by Gasteiger charge is -2.22. The highest BCUT2D eigenvalue weighted by Crippen LogP contribution is 2.42. The third-order valence-corrected chi connectivity index (χ3v) is 8.37. The summed E-state index contributed by atoms with van der Waals surface area (Å²) in [4.78, 5) is 1.50. The fourth-order valence-electron chi connectivity index (χ4n) is 4.04. The number of hydrogen-bond donors (Lipinski definition) is 4. The zero-order valence-corrected chi connectivity index (χ0v) is 23.2. The molecule has 4 N–H and O–H groups in total. The van der Waals surface area contributed by atoms with Gasteiger partial charge >= 0.3 is 0 Å². The van der Waals surface area contributed by atoms with Crippen molar-refractivity contribution in [2.75, 3.05) is 3.71 Å². The number of anilines is 1. The van der Waals surface area contributed by atoms with Crippen LogP contribution in [0.15, 0.2) is 70.5 Å². The number of unbranched alkanes of at least 4 members (excludes halogenated alkanes) is 9. The van der Waals surface area contributed by atoms with E-state index in [1.54, 1.807) is 12.1 Å². The Bertz CT molecular complexity index is 1040. The molecule has 0 atom stereocenters. The van der Waals surface area contributed by atoms with Crippen molar-refractivity contribution in [3.05, 3.63) is 66.2 Å². The SMILES string of the molecule is CCCCCCCCCCCCc1ccc(N(Sc2ccc(O)c(O)c2)Sc2ccc(O)c(O)c2)cc1. The van der Waals surface area contributed by atoms with E-state index in [1.807, 2.05) is 3.71 Å². The van der Waals surface area contributed by atoms with Gasteiger partial charge in [-0.1, -0.05) is 76.8 Å². The summed E-state index contributed by atoms with van der Waals surface area (Å²) in [6.07, 6.45) is 14.4. The zero-order valence-electron chi connectivity index (χ0n) is 21.6. The van der Waals surface area contributed by atoms with Crippen molar-refractivity contribution in [3.63, 3.8) is 0 Å². The van der Waals surface area contributed by atoms with Gasteiger partial charge in [-0.05, 0) is 90.8 Å². The topological polar surface area (TPSA) is 84.2 Å². The molecule has 0 spiro atoms. The second-order valence-corrected chi connectivity index (χ2v) is 11.6. The Morgan fingerprint density at radius 1 is 0.541 bits per heavy atom. The molecule has 0 unspecified atom stereocenters. The van der Waals surface area contributed by atoms with Crippen LogP contribution >= 0.6 is 23.9 Å². The van der Waals surface area contributed by atoms with Gasteiger partial charge < -0.3 is 20.4 Å². The van der Waals surface area contributed by atoms with Gasteiger partial charge in [-0.2, -0.15) is 0 Å². The van der Waals surface area contributed by atoms with Gasteiger partial charge in [0.15, 0.2) is 23.0 Å². The summed E-state index contributed by atoms with van der Waals surface area (Å²) < 4.78 is 1.97. The smallest absolute Gasteiger partial charge is 0.158 e. The molecule has 3 aromatic rings. The Kier molecular flexibility index (Phi) is 12.2. The van der Waals surface area contributed by atoms with E-state index in [0.29, 0.717) is 0 Å². The van der Waals surface area contributed by atoms with E-state index in [0.717, 1.165) is 21.9 Å². The van der Waals surface area contributed by atoms with E-state index < -0.39 is 0 Å². The summed E-state index contributed by atoms with van der Waals surface area (Å²) in [5.41, 5.74) is 2.25. The lowest BCUT2D eigenvalue weighted by molar-refractivity contribution is 0.402. The number of benzene rings is 3. The molecule has 0 amide bonds. The summed E-state index contributed by atoms with van der Waals surface area (Å²) in [7, 11) is 0. The number of phenolic OH excluding ortho intramolecular Hbond substituents is 4. The Morgan fingerprint density at radius 3 is 1.46 bits per heavy atom. The second kappa shape index (κ2) is 15.6. The predicted molar refractivity (Wildman–Crippen MR) is 156 cm³/mol. The van der Waals surface area contributed by atoms with Gasteiger partial charge in [0.2, 0.25) is 0 Å². The van der Waals surface area contributed by atoms with Gasteiger partial charge in [0.05, 0.1) is 5.69 Å². The number of aromatic hydroxyl groups is 4. The van der Waals surface area contributed by atoms with E-state index in [9.17, 15) is 20.4 Å². The molecule has 200 valence electrons. The van der Waals surface area contributed by atoms with Gasteiger partial charge in [-0.3, -0.25) is 0 Å². The highest BCUT2D eigenvalue weighted by atomic mass is 32.2. The summed E-state index contributed by atoms with van der Waals surface area (Å²) >= 11 is 2.78. The van der Waals surface area contributed by atoms with Crippen LogP contribution in [-0.2, 0) is 6.42 Å². The van der Waals surface area contributed by atoms with E-state index in [2.05, 4.69) is 31.2 Å². The molecule has 5 nitrogen and oxygen atoms in total. The van der Waals surface area contributed by atoms with Crippen LogP contribution in [0, 0.1) is 0 Å². The molecule has 0 saturated heterocycles. The van der Waals surface area contributed by atoms with Crippen molar-refractivity contribution in [2.24, 2.45) is 0 Å². The molecule has 3 aromatic carbocycles. The first-order valence-electron chi connectivity index (χ1n) is 13.2. The van der Waals surface area contributed by atoms with Crippen LogP contribution in [0.5, 0.6) is 23.0 Å². The summed E-state index contributed by atoms with van der Waals surface area (Å²) in [5, 5.41) is 39.2. The summed E-state index contributed by atoms with van der Waals surface area (Å²) in [6.45, 7) is 2.26. The lowest BCUT2D eigenvalue weighted by atomic mass is 10.0. The average Bonchev–Trinajstić information content (AvgIpc) is 2.89. The van der Waals surface area contributed by atoms with Crippen LogP contribution in [0.3, 0.4) is 0 Å². The predicted octanol–water partition coefficient (Wildman–Crippen LogP) is 9.19. The highest BCUT2D eigenvalue weighted by Gasteiger charge is 2.14. The van der Waals surface area contributed by atoms with Crippen molar-refractivity contribution in [3.8, 4) is 23.0 Å². The van der Waals surface area contributed by atoms with Crippen LogP contribution in [0.4, 0.5) is 5.69 Å². The van der Waals surface area contributed by atoms with Crippen LogP contribution in [0.2, 0.25) is 0 Å². The van der Waals surface area contributed by atoms with E-state index in [-0.39, 0.29) is 23.0 Å². The molecule has 37 heavy (non-hydrogen) atoms. The van der Waals surface area contributed by atoms with Crippen LogP contribution in [0.1, 0.15) is 76.7 Å². The zero-order chi connectivity index (χ0) is 26.5. The first-order chi connectivity index (χ1) is 18.0. The molecule has 7 heteroatoms. The maximum atomic E-state index is 9.92. The number of aryl methyl sites for hydroxylation is 1. The minimum atomic E-state index is -0.177. The molecule has 0 bridgehead atoms. The van der Waals surface area contributed by atoms with Crippen molar-refractivity contribution in [2.45, 2.75) is 87.3 Å². The van der Waals surface area contributed by atoms with Crippen molar-refractivity contribution in [1.82, 2.24) is 0 Å². The lowest BCUT2D eigenvalue weighted by Crippen LogP contribution is -2.04. The van der Waals surface area contributed by atoms with E-state index in [1.165, 1.54) is 118 Å². The Hall–Kier alpha value is -2.64. The van der Waals surface area contributed by atoms with Gasteiger partial charge in [0.25, 0.3) is 0 Å². The number of rotatable bonds is 16. The van der Waals surface area contributed by atoms with E-state index >= 15 is 0 Å². The maximum Gasteiger partial charge on any atom is 0.158 e. The number of phenols is 4. The number of nitrogens with zero attached hydrogens (tertiary/aromatic N) is 1. The van der Waals surface area contributed by atoms with Gasteiger partial charge in [-0.15, -0.1) is 0 Å². The van der Waals surface area contributed by atoms with Crippen molar-refractivity contribution < 1.29 is 20.4 Å². The van der Waals surface area contributed by atoms with Crippen LogP contribution in [0.25, 0.3) is 0 Å². The molecule has 0 aliphatic rings. The van der Waals surface area contributed by atoms with E-state index in [4.69, 9.17) is 0 Å². The maximum absolute atomic E-state index is 9.92. The van der Waals surface area contributed by atoms with Crippen LogP contribution in [-0.4, -0.2) is 20.4 Å². The fraction of sp³-hybridized carbons (Fsp3) is 0.400. The molecule has 0 aromatic heterocycles. The monoisotopic (exact) mass is 541 g/mol. The second-order valence-electron chi connectivity index (χ2n) is 9.34. The third-order valence-electron chi connectivity index (χ3n) is 6.24. The molecular formula is C30H39NO4S2. The Balaban J connectivity index is 1.55. The van der Waals surface area contributed by atoms with Crippen molar-refractivity contribution >= 4 is 29.6 Å². The molecule has 0 radical (unpaired) electrons.